The molecule has 0 bridgehead atoms. The number of Topliss-reactive ketones (excluding diaryl/α,β-unsaturated/α-hetero) is 1. The normalized spacial score (nSPS) is 37.2. The zero-order valence-electron chi connectivity index (χ0n) is 20.3. The standard InChI is InChI=1S/C29H37NO3/c1-19(31)6-11-27(32)33-22-12-14-28(2)21(17-22)7-8-23-25-10-9-24(20-5-4-16-30-18-20)29(25,3)15-13-26(23)28/h4-5,7,9,16,18,22-23,25-26H,6,8,10-15,17H2,1-3H3/t22-,23-,25?,26-,28?,29+/m0/s1. The van der Waals surface area contributed by atoms with Crippen LogP contribution in [0.1, 0.15) is 84.1 Å². The van der Waals surface area contributed by atoms with Crippen LogP contribution in [-0.2, 0) is 14.3 Å². The molecule has 0 aliphatic heterocycles. The van der Waals surface area contributed by atoms with E-state index in [9.17, 15) is 9.59 Å². The van der Waals surface area contributed by atoms with Gasteiger partial charge in [0.2, 0.25) is 0 Å². The molecule has 4 nitrogen and oxygen atoms in total. The highest BCUT2D eigenvalue weighted by atomic mass is 16.5. The fraction of sp³-hybridized carbons (Fsp3) is 0.621. The molecule has 2 saturated carbocycles. The molecule has 6 atom stereocenters. The first-order valence-electron chi connectivity index (χ1n) is 12.8. The van der Waals surface area contributed by atoms with Crippen LogP contribution in [0.3, 0.4) is 0 Å². The Hall–Kier alpha value is -2.23. The second-order valence-corrected chi connectivity index (χ2v) is 11.4. The van der Waals surface area contributed by atoms with E-state index >= 15 is 0 Å². The van der Waals surface area contributed by atoms with Crippen LogP contribution in [0.5, 0.6) is 0 Å². The zero-order chi connectivity index (χ0) is 23.2. The van der Waals surface area contributed by atoms with Crippen molar-refractivity contribution in [2.45, 2.75) is 84.7 Å². The first-order chi connectivity index (χ1) is 15.8. The van der Waals surface area contributed by atoms with E-state index in [0.717, 1.165) is 31.6 Å². The minimum absolute atomic E-state index is 0.0282. The molecular formula is C29H37NO3. The lowest BCUT2D eigenvalue weighted by atomic mass is 9.47. The van der Waals surface area contributed by atoms with Crippen molar-refractivity contribution in [2.75, 3.05) is 0 Å². The highest BCUT2D eigenvalue weighted by Gasteiger charge is 2.57. The van der Waals surface area contributed by atoms with E-state index in [4.69, 9.17) is 4.74 Å². The Kier molecular flexibility index (Phi) is 5.83. The monoisotopic (exact) mass is 447 g/mol. The maximum atomic E-state index is 12.2. The van der Waals surface area contributed by atoms with Gasteiger partial charge in [0.15, 0.2) is 0 Å². The molecule has 4 aliphatic rings. The van der Waals surface area contributed by atoms with Crippen LogP contribution in [0.4, 0.5) is 0 Å². The van der Waals surface area contributed by atoms with Crippen LogP contribution < -0.4 is 0 Å². The van der Waals surface area contributed by atoms with Crippen molar-refractivity contribution in [2.24, 2.45) is 28.6 Å². The molecule has 0 radical (unpaired) electrons. The van der Waals surface area contributed by atoms with Gasteiger partial charge in [-0.1, -0.05) is 37.6 Å². The van der Waals surface area contributed by atoms with E-state index in [1.165, 1.54) is 42.9 Å². The lowest BCUT2D eigenvalue weighted by Crippen LogP contribution is -2.50. The van der Waals surface area contributed by atoms with Crippen molar-refractivity contribution in [3.05, 3.63) is 47.8 Å². The Morgan fingerprint density at radius 1 is 1.06 bits per heavy atom. The van der Waals surface area contributed by atoms with Gasteiger partial charge in [0, 0.05) is 25.2 Å². The fourth-order valence-electron chi connectivity index (χ4n) is 7.79. The summed E-state index contributed by atoms with van der Waals surface area (Å²) in [5.41, 5.74) is 4.80. The zero-order valence-corrected chi connectivity index (χ0v) is 20.3. The van der Waals surface area contributed by atoms with Crippen LogP contribution in [0.25, 0.3) is 5.57 Å². The van der Waals surface area contributed by atoms with Crippen molar-refractivity contribution in [1.29, 1.82) is 0 Å². The van der Waals surface area contributed by atoms with Crippen LogP contribution >= 0.6 is 0 Å². The Labute approximate surface area is 197 Å². The number of ether oxygens (including phenoxy) is 1. The summed E-state index contributed by atoms with van der Waals surface area (Å²) in [7, 11) is 0. The summed E-state index contributed by atoms with van der Waals surface area (Å²) in [5.74, 6) is 1.95. The van der Waals surface area contributed by atoms with Gasteiger partial charge in [0.1, 0.15) is 11.9 Å². The quantitative estimate of drug-likeness (QED) is 0.391. The largest absolute Gasteiger partial charge is 0.462 e. The minimum Gasteiger partial charge on any atom is -0.462 e. The van der Waals surface area contributed by atoms with Crippen LogP contribution in [0, 0.1) is 28.6 Å². The molecule has 5 rings (SSSR count). The van der Waals surface area contributed by atoms with Gasteiger partial charge in [0.05, 0.1) is 6.42 Å². The molecule has 0 N–H and O–H groups in total. The molecule has 4 aliphatic carbocycles. The summed E-state index contributed by atoms with van der Waals surface area (Å²) < 4.78 is 5.77. The van der Waals surface area contributed by atoms with E-state index in [2.05, 4.69) is 43.1 Å². The second kappa shape index (κ2) is 8.52. The molecule has 0 saturated heterocycles. The van der Waals surface area contributed by atoms with Gasteiger partial charge in [0.25, 0.3) is 0 Å². The number of hydrogen-bond acceptors (Lipinski definition) is 4. The molecule has 4 heteroatoms. The molecule has 0 aromatic carbocycles. The molecule has 0 spiro atoms. The Balaban J connectivity index is 1.30. The average Bonchev–Trinajstić information content (AvgIpc) is 3.16. The topological polar surface area (TPSA) is 56.3 Å². The molecule has 1 aromatic rings. The van der Waals surface area contributed by atoms with Gasteiger partial charge in [-0.15, -0.1) is 0 Å². The number of pyridine rings is 1. The Morgan fingerprint density at radius 2 is 1.88 bits per heavy atom. The van der Waals surface area contributed by atoms with Crippen LogP contribution in [0.15, 0.2) is 42.3 Å². The van der Waals surface area contributed by atoms with Crippen molar-refractivity contribution >= 4 is 17.3 Å². The van der Waals surface area contributed by atoms with Crippen molar-refractivity contribution < 1.29 is 14.3 Å². The summed E-state index contributed by atoms with van der Waals surface area (Å²) >= 11 is 0. The lowest BCUT2D eigenvalue weighted by molar-refractivity contribution is -0.152. The van der Waals surface area contributed by atoms with E-state index in [-0.39, 0.29) is 41.5 Å². The van der Waals surface area contributed by atoms with Gasteiger partial charge >= 0.3 is 5.97 Å². The van der Waals surface area contributed by atoms with Crippen molar-refractivity contribution in [1.82, 2.24) is 4.98 Å². The lowest BCUT2D eigenvalue weighted by Gasteiger charge is -2.57. The number of esters is 1. The minimum atomic E-state index is -0.221. The summed E-state index contributed by atoms with van der Waals surface area (Å²) in [5, 5.41) is 0. The predicted molar refractivity (Wildman–Crippen MR) is 129 cm³/mol. The number of nitrogens with zero attached hydrogens (tertiary/aromatic N) is 1. The molecule has 1 aromatic heterocycles. The summed E-state index contributed by atoms with van der Waals surface area (Å²) in [6.45, 7) is 6.51. The van der Waals surface area contributed by atoms with Crippen LogP contribution in [0.2, 0.25) is 0 Å². The van der Waals surface area contributed by atoms with Gasteiger partial charge < -0.3 is 9.53 Å². The van der Waals surface area contributed by atoms with E-state index in [0.29, 0.717) is 11.8 Å². The molecule has 176 valence electrons. The molecule has 1 heterocycles. The number of ketones is 1. The predicted octanol–water partition coefficient (Wildman–Crippen LogP) is 6.32. The molecule has 0 amide bonds. The third-order valence-electron chi connectivity index (χ3n) is 9.59. The van der Waals surface area contributed by atoms with E-state index in [1.807, 2.05) is 12.4 Å². The molecular weight excluding hydrogens is 410 g/mol. The Bertz CT molecular complexity index is 995. The van der Waals surface area contributed by atoms with Crippen molar-refractivity contribution in [3.8, 4) is 0 Å². The molecule has 2 unspecified atom stereocenters. The number of allylic oxidation sites excluding steroid dienone is 3. The number of fused-ring (bicyclic) bond motifs is 5. The van der Waals surface area contributed by atoms with Crippen LogP contribution in [-0.4, -0.2) is 22.8 Å². The third-order valence-corrected chi connectivity index (χ3v) is 9.59. The highest BCUT2D eigenvalue weighted by molar-refractivity contribution is 5.81. The number of hydrogen-bond donors (Lipinski definition) is 0. The first kappa shape index (κ1) is 22.6. The van der Waals surface area contributed by atoms with Gasteiger partial charge in [-0.25, -0.2) is 0 Å². The number of carbonyl (C=O) groups is 2. The van der Waals surface area contributed by atoms with E-state index in [1.54, 1.807) is 0 Å². The molecule has 2 fully saturated rings. The summed E-state index contributed by atoms with van der Waals surface area (Å²) in [4.78, 5) is 27.8. The number of aromatic nitrogens is 1. The smallest absolute Gasteiger partial charge is 0.306 e. The van der Waals surface area contributed by atoms with E-state index < -0.39 is 0 Å². The highest BCUT2D eigenvalue weighted by Crippen LogP contribution is 2.66. The number of carbonyl (C=O) groups excluding carboxylic acids is 2. The van der Waals surface area contributed by atoms with Gasteiger partial charge in [-0.05, 0) is 91.2 Å². The van der Waals surface area contributed by atoms with Gasteiger partial charge in [-0.2, -0.15) is 0 Å². The fourth-order valence-corrected chi connectivity index (χ4v) is 7.79. The first-order valence-corrected chi connectivity index (χ1v) is 12.8. The second-order valence-electron chi connectivity index (χ2n) is 11.4. The maximum absolute atomic E-state index is 12.2. The average molecular weight is 448 g/mol. The SMILES string of the molecule is CC(=O)CCC(=O)O[C@H]1CCC2(C)C(=CC[C@H]3C4CC=C(c5cccnc5)[C@@]4(C)CC[C@@H]32)C1. The summed E-state index contributed by atoms with van der Waals surface area (Å²) in [6, 6.07) is 4.28. The Morgan fingerprint density at radius 3 is 2.64 bits per heavy atom. The van der Waals surface area contributed by atoms with Crippen molar-refractivity contribution in [3.63, 3.8) is 0 Å². The maximum Gasteiger partial charge on any atom is 0.306 e. The van der Waals surface area contributed by atoms with Gasteiger partial charge in [-0.3, -0.25) is 9.78 Å². The number of rotatable bonds is 5. The third kappa shape index (κ3) is 3.90. The summed E-state index contributed by atoms with van der Waals surface area (Å²) in [6.07, 6.45) is 17.1. The molecule has 33 heavy (non-hydrogen) atoms.